The molecule has 3 rings (SSSR count). The number of halogens is 3. The standard InChI is InChI=1S/C24H27ClF2N4O5S/c1-23(2,3)15-10-14(30-22(35)29-13-7-6-12(26)18(27)17(13)25)19(37-15)20(33)31-9-8-28-21(34)24(31,4)11-16(32)36-5/h6-7,10H,8-9,11H2,1-5H3,(H,28,34)(H2,29,30,35). The van der Waals surface area contributed by atoms with Crippen LogP contribution in [0.2, 0.25) is 5.02 Å². The van der Waals surface area contributed by atoms with Gasteiger partial charge in [0.15, 0.2) is 11.6 Å². The average molecular weight is 557 g/mol. The Balaban J connectivity index is 1.97. The van der Waals surface area contributed by atoms with Gasteiger partial charge in [-0.3, -0.25) is 14.4 Å². The van der Waals surface area contributed by atoms with Crippen LogP contribution in [-0.2, 0) is 19.7 Å². The fourth-order valence-electron chi connectivity index (χ4n) is 3.73. The third-order valence-electron chi connectivity index (χ3n) is 5.86. The Kier molecular flexibility index (Phi) is 8.13. The molecular formula is C24H27ClF2N4O5S. The molecule has 0 aliphatic carbocycles. The Morgan fingerprint density at radius 3 is 2.49 bits per heavy atom. The molecule has 2 aromatic rings. The number of rotatable bonds is 5. The van der Waals surface area contributed by atoms with Gasteiger partial charge in [-0.1, -0.05) is 32.4 Å². The second kappa shape index (κ2) is 10.6. The van der Waals surface area contributed by atoms with Crippen LogP contribution in [0.1, 0.15) is 48.7 Å². The van der Waals surface area contributed by atoms with E-state index in [4.69, 9.17) is 16.3 Å². The fourth-order valence-corrected chi connectivity index (χ4v) is 5.05. The molecule has 1 fully saturated rings. The molecule has 1 unspecified atom stereocenters. The first kappa shape index (κ1) is 28.3. The van der Waals surface area contributed by atoms with E-state index in [1.165, 1.54) is 18.9 Å². The largest absolute Gasteiger partial charge is 0.469 e. The normalized spacial score (nSPS) is 17.7. The molecule has 2 heterocycles. The zero-order chi connectivity index (χ0) is 27.7. The monoisotopic (exact) mass is 556 g/mol. The molecule has 1 saturated heterocycles. The minimum atomic E-state index is -1.52. The van der Waals surface area contributed by atoms with Gasteiger partial charge in [-0.15, -0.1) is 11.3 Å². The van der Waals surface area contributed by atoms with Crippen LogP contribution in [0.4, 0.5) is 25.0 Å². The number of carbonyl (C=O) groups excluding carboxylic acids is 4. The van der Waals surface area contributed by atoms with Crippen LogP contribution in [0.25, 0.3) is 0 Å². The predicted molar refractivity (Wildman–Crippen MR) is 136 cm³/mol. The highest BCUT2D eigenvalue weighted by Crippen LogP contribution is 2.38. The first-order valence-electron chi connectivity index (χ1n) is 11.2. The van der Waals surface area contributed by atoms with E-state index in [1.54, 1.807) is 6.07 Å². The fraction of sp³-hybridized carbons (Fsp3) is 0.417. The molecule has 1 aromatic heterocycles. The average Bonchev–Trinajstić information content (AvgIpc) is 3.25. The summed E-state index contributed by atoms with van der Waals surface area (Å²) in [7, 11) is 1.19. The van der Waals surface area contributed by atoms with Gasteiger partial charge in [0, 0.05) is 18.0 Å². The summed E-state index contributed by atoms with van der Waals surface area (Å²) < 4.78 is 31.9. The first-order valence-corrected chi connectivity index (χ1v) is 12.4. The van der Waals surface area contributed by atoms with Crippen molar-refractivity contribution in [3.63, 3.8) is 0 Å². The van der Waals surface area contributed by atoms with Crippen LogP contribution in [0.3, 0.4) is 0 Å². The van der Waals surface area contributed by atoms with Gasteiger partial charge in [0.1, 0.15) is 15.4 Å². The SMILES string of the molecule is COC(=O)CC1(C)C(=O)NCCN1C(=O)c1sc(C(C)(C)C)cc1NC(=O)Nc1ccc(F)c(F)c1Cl. The summed E-state index contributed by atoms with van der Waals surface area (Å²) in [6.07, 6.45) is -0.365. The summed E-state index contributed by atoms with van der Waals surface area (Å²) in [5.41, 5.74) is -1.95. The molecule has 3 N–H and O–H groups in total. The maximum absolute atomic E-state index is 13.8. The number of benzene rings is 1. The smallest absolute Gasteiger partial charge is 0.323 e. The second-order valence-electron chi connectivity index (χ2n) is 9.64. The number of nitrogens with zero attached hydrogens (tertiary/aromatic N) is 1. The Morgan fingerprint density at radius 1 is 1.22 bits per heavy atom. The summed E-state index contributed by atoms with van der Waals surface area (Å²) in [5, 5.41) is 6.97. The lowest BCUT2D eigenvalue weighted by molar-refractivity contribution is -0.149. The quantitative estimate of drug-likeness (QED) is 0.370. The van der Waals surface area contributed by atoms with Gasteiger partial charge in [-0.05, 0) is 30.5 Å². The molecule has 9 nitrogen and oxygen atoms in total. The van der Waals surface area contributed by atoms with Crippen LogP contribution < -0.4 is 16.0 Å². The van der Waals surface area contributed by atoms with E-state index in [1.807, 2.05) is 20.8 Å². The lowest BCUT2D eigenvalue weighted by Gasteiger charge is -2.42. The molecule has 1 atom stereocenters. The molecule has 0 spiro atoms. The third kappa shape index (κ3) is 5.85. The number of amides is 4. The van der Waals surface area contributed by atoms with Crippen molar-refractivity contribution in [1.82, 2.24) is 10.2 Å². The van der Waals surface area contributed by atoms with E-state index in [0.29, 0.717) is 0 Å². The number of ether oxygens (including phenoxy) is 1. The Hall–Kier alpha value is -3.25. The maximum Gasteiger partial charge on any atom is 0.323 e. The summed E-state index contributed by atoms with van der Waals surface area (Å²) in [5.74, 6) is -4.22. The number of nitrogens with one attached hydrogen (secondary N) is 3. The third-order valence-corrected chi connectivity index (χ3v) is 7.78. The first-order chi connectivity index (χ1) is 17.2. The number of thiophene rings is 1. The Morgan fingerprint density at radius 2 is 1.86 bits per heavy atom. The highest BCUT2D eigenvalue weighted by Gasteiger charge is 2.47. The molecule has 200 valence electrons. The lowest BCUT2D eigenvalue weighted by Crippen LogP contribution is -2.65. The zero-order valence-corrected chi connectivity index (χ0v) is 22.5. The van der Waals surface area contributed by atoms with Crippen molar-refractivity contribution in [2.45, 2.75) is 45.1 Å². The molecule has 1 aromatic carbocycles. The molecule has 0 bridgehead atoms. The van der Waals surface area contributed by atoms with Crippen LogP contribution in [-0.4, -0.2) is 54.5 Å². The van der Waals surface area contributed by atoms with Crippen molar-refractivity contribution in [3.8, 4) is 0 Å². The van der Waals surface area contributed by atoms with Crippen LogP contribution in [0.5, 0.6) is 0 Å². The van der Waals surface area contributed by atoms with E-state index >= 15 is 0 Å². The zero-order valence-electron chi connectivity index (χ0n) is 20.9. The topological polar surface area (TPSA) is 117 Å². The second-order valence-corrected chi connectivity index (χ2v) is 11.1. The number of methoxy groups -OCH3 is 1. The number of esters is 1. The van der Waals surface area contributed by atoms with Gasteiger partial charge < -0.3 is 25.6 Å². The van der Waals surface area contributed by atoms with E-state index in [2.05, 4.69) is 16.0 Å². The van der Waals surface area contributed by atoms with Gasteiger partial charge in [-0.25, -0.2) is 13.6 Å². The number of piperazine rings is 1. The van der Waals surface area contributed by atoms with Crippen molar-refractivity contribution in [2.75, 3.05) is 30.8 Å². The van der Waals surface area contributed by atoms with Crippen LogP contribution in [0, 0.1) is 11.6 Å². The summed E-state index contributed by atoms with van der Waals surface area (Å²) >= 11 is 6.93. The number of urea groups is 1. The molecule has 0 saturated carbocycles. The molecule has 4 amide bonds. The van der Waals surface area contributed by atoms with Crippen molar-refractivity contribution >= 4 is 58.1 Å². The van der Waals surface area contributed by atoms with Gasteiger partial charge in [0.05, 0.1) is 24.9 Å². The molecular weight excluding hydrogens is 530 g/mol. The number of anilines is 2. The molecule has 37 heavy (non-hydrogen) atoms. The highest BCUT2D eigenvalue weighted by atomic mass is 35.5. The van der Waals surface area contributed by atoms with Crippen molar-refractivity contribution in [2.24, 2.45) is 0 Å². The predicted octanol–water partition coefficient (Wildman–Crippen LogP) is 4.52. The molecule has 1 aliphatic rings. The van der Waals surface area contributed by atoms with E-state index < -0.39 is 51.4 Å². The van der Waals surface area contributed by atoms with Crippen LogP contribution >= 0.6 is 22.9 Å². The number of hydrogen-bond donors (Lipinski definition) is 3. The minimum Gasteiger partial charge on any atom is -0.469 e. The summed E-state index contributed by atoms with van der Waals surface area (Å²) in [4.78, 5) is 53.6. The molecule has 1 aliphatic heterocycles. The number of carbonyl (C=O) groups is 4. The van der Waals surface area contributed by atoms with Gasteiger partial charge >= 0.3 is 12.0 Å². The van der Waals surface area contributed by atoms with E-state index in [9.17, 15) is 28.0 Å². The lowest BCUT2D eigenvalue weighted by atomic mass is 9.91. The Labute approximate surface area is 221 Å². The Bertz CT molecular complexity index is 1260. The molecule has 13 heteroatoms. The number of hydrogen-bond acceptors (Lipinski definition) is 6. The van der Waals surface area contributed by atoms with Crippen molar-refractivity contribution in [3.05, 3.63) is 44.6 Å². The van der Waals surface area contributed by atoms with E-state index in [-0.39, 0.29) is 35.8 Å². The summed E-state index contributed by atoms with van der Waals surface area (Å²) in [6.45, 7) is 7.54. The van der Waals surface area contributed by atoms with Gasteiger partial charge in [0.25, 0.3) is 5.91 Å². The minimum absolute atomic E-state index is 0.122. The van der Waals surface area contributed by atoms with Crippen molar-refractivity contribution < 1.29 is 32.7 Å². The maximum atomic E-state index is 13.8. The van der Waals surface area contributed by atoms with Crippen molar-refractivity contribution in [1.29, 1.82) is 0 Å². The molecule has 0 radical (unpaired) electrons. The van der Waals surface area contributed by atoms with Gasteiger partial charge in [-0.2, -0.15) is 0 Å². The van der Waals surface area contributed by atoms with Gasteiger partial charge in [0.2, 0.25) is 5.91 Å². The van der Waals surface area contributed by atoms with Crippen LogP contribution in [0.15, 0.2) is 18.2 Å². The summed E-state index contributed by atoms with van der Waals surface area (Å²) in [6, 6.07) is 2.70. The highest BCUT2D eigenvalue weighted by molar-refractivity contribution is 7.14. The van der Waals surface area contributed by atoms with E-state index in [0.717, 1.165) is 28.3 Å².